The first-order chi connectivity index (χ1) is 7.54. The Morgan fingerprint density at radius 1 is 1.56 bits per heavy atom. The molecule has 0 aliphatic heterocycles. The van der Waals surface area contributed by atoms with E-state index in [2.05, 4.69) is 0 Å². The molecule has 0 heterocycles. The molecule has 0 spiro atoms. The van der Waals surface area contributed by atoms with Crippen molar-refractivity contribution in [3.05, 3.63) is 34.1 Å². The van der Waals surface area contributed by atoms with Crippen LogP contribution in [-0.4, -0.2) is 11.0 Å². The van der Waals surface area contributed by atoms with Crippen LogP contribution in [-0.2, 0) is 0 Å². The van der Waals surface area contributed by atoms with Gasteiger partial charge in [0, 0.05) is 12.1 Å². The fraction of sp³-hybridized carbons (Fsp3) is 0.455. The molecular weight excluding hydrogens is 213 g/mol. The van der Waals surface area contributed by atoms with E-state index in [1.54, 1.807) is 0 Å². The largest absolute Gasteiger partial charge is 0.491 e. The lowest BCUT2D eigenvalue weighted by Crippen LogP contribution is -2.11. The summed E-state index contributed by atoms with van der Waals surface area (Å²) in [6, 6.07) is 3.57. The number of nitro groups is 1. The van der Waals surface area contributed by atoms with Crippen LogP contribution in [0.5, 0.6) is 5.75 Å². The molecule has 1 aromatic rings. The second kappa shape index (κ2) is 5.44. The average molecular weight is 227 g/mol. The molecule has 88 valence electrons. The SMILES string of the molecule is CCCC(C)Oc1ccc([N+](=O)[O-])c(F)c1. The van der Waals surface area contributed by atoms with Gasteiger partial charge in [-0.25, -0.2) is 0 Å². The molecule has 0 N–H and O–H groups in total. The molecule has 1 atom stereocenters. The Hall–Kier alpha value is -1.65. The third-order valence-electron chi connectivity index (χ3n) is 2.15. The number of hydrogen-bond acceptors (Lipinski definition) is 3. The first-order valence-corrected chi connectivity index (χ1v) is 5.15. The number of halogens is 1. The van der Waals surface area contributed by atoms with Gasteiger partial charge in [-0.1, -0.05) is 13.3 Å². The maximum absolute atomic E-state index is 13.2. The van der Waals surface area contributed by atoms with Crippen LogP contribution in [0.15, 0.2) is 18.2 Å². The van der Waals surface area contributed by atoms with Crippen molar-refractivity contribution < 1.29 is 14.1 Å². The standard InChI is InChI=1S/C11H14FNO3/c1-3-4-8(2)16-9-5-6-11(13(14)15)10(12)7-9/h5-8H,3-4H2,1-2H3. The van der Waals surface area contributed by atoms with Crippen LogP contribution in [0, 0.1) is 15.9 Å². The summed E-state index contributed by atoms with van der Waals surface area (Å²) in [5.41, 5.74) is -0.532. The van der Waals surface area contributed by atoms with Crippen molar-refractivity contribution in [1.82, 2.24) is 0 Å². The second-order valence-corrected chi connectivity index (χ2v) is 3.59. The molecule has 0 aliphatic carbocycles. The van der Waals surface area contributed by atoms with Crippen molar-refractivity contribution >= 4 is 5.69 Å². The highest BCUT2D eigenvalue weighted by Gasteiger charge is 2.14. The zero-order chi connectivity index (χ0) is 12.1. The minimum Gasteiger partial charge on any atom is -0.491 e. The molecule has 5 heteroatoms. The quantitative estimate of drug-likeness (QED) is 0.572. The summed E-state index contributed by atoms with van der Waals surface area (Å²) in [5.74, 6) is -0.546. The van der Waals surface area contributed by atoms with Gasteiger partial charge < -0.3 is 4.74 Å². The van der Waals surface area contributed by atoms with E-state index in [9.17, 15) is 14.5 Å². The van der Waals surface area contributed by atoms with Crippen molar-refractivity contribution in [1.29, 1.82) is 0 Å². The number of nitrogens with zero attached hydrogens (tertiary/aromatic N) is 1. The number of hydrogen-bond donors (Lipinski definition) is 0. The lowest BCUT2D eigenvalue weighted by molar-refractivity contribution is -0.387. The maximum Gasteiger partial charge on any atom is 0.305 e. The minimum atomic E-state index is -0.869. The van der Waals surface area contributed by atoms with Gasteiger partial charge in [-0.3, -0.25) is 10.1 Å². The number of nitro benzene ring substituents is 1. The number of rotatable bonds is 5. The van der Waals surface area contributed by atoms with E-state index in [-0.39, 0.29) is 6.10 Å². The summed E-state index contributed by atoms with van der Waals surface area (Å²) in [6.07, 6.45) is 1.81. The molecule has 0 saturated heterocycles. The zero-order valence-corrected chi connectivity index (χ0v) is 9.27. The summed E-state index contributed by atoms with van der Waals surface area (Å²) in [7, 11) is 0. The molecule has 0 fully saturated rings. The van der Waals surface area contributed by atoms with Gasteiger partial charge in [-0.2, -0.15) is 4.39 Å². The summed E-state index contributed by atoms with van der Waals surface area (Å²) in [5, 5.41) is 10.4. The number of benzene rings is 1. The molecule has 1 rings (SSSR count). The average Bonchev–Trinajstić information content (AvgIpc) is 2.17. The van der Waals surface area contributed by atoms with E-state index in [4.69, 9.17) is 4.74 Å². The highest BCUT2D eigenvalue weighted by Crippen LogP contribution is 2.23. The molecular formula is C11H14FNO3. The third kappa shape index (κ3) is 3.18. The molecule has 0 amide bonds. The van der Waals surface area contributed by atoms with Gasteiger partial charge in [0.1, 0.15) is 5.75 Å². The van der Waals surface area contributed by atoms with E-state index in [1.165, 1.54) is 6.07 Å². The van der Waals surface area contributed by atoms with Gasteiger partial charge in [-0.05, 0) is 19.4 Å². The maximum atomic E-state index is 13.2. The Kier molecular flexibility index (Phi) is 4.22. The molecule has 0 aromatic heterocycles. The van der Waals surface area contributed by atoms with Gasteiger partial charge in [0.2, 0.25) is 5.82 Å². The van der Waals surface area contributed by atoms with Gasteiger partial charge >= 0.3 is 5.69 Å². The Morgan fingerprint density at radius 3 is 2.75 bits per heavy atom. The summed E-state index contributed by atoms with van der Waals surface area (Å²) in [6.45, 7) is 3.90. The van der Waals surface area contributed by atoms with Crippen LogP contribution < -0.4 is 4.74 Å². The second-order valence-electron chi connectivity index (χ2n) is 3.59. The normalized spacial score (nSPS) is 12.2. The lowest BCUT2D eigenvalue weighted by Gasteiger charge is -2.13. The van der Waals surface area contributed by atoms with Crippen LogP contribution >= 0.6 is 0 Å². The van der Waals surface area contributed by atoms with Crippen molar-refractivity contribution in [2.24, 2.45) is 0 Å². The highest BCUT2D eigenvalue weighted by atomic mass is 19.1. The number of ether oxygens (including phenoxy) is 1. The molecule has 1 unspecified atom stereocenters. The summed E-state index contributed by atoms with van der Waals surface area (Å²) < 4.78 is 18.6. The van der Waals surface area contributed by atoms with Crippen LogP contribution in [0.2, 0.25) is 0 Å². The Bertz CT molecular complexity index is 381. The summed E-state index contributed by atoms with van der Waals surface area (Å²) >= 11 is 0. The van der Waals surface area contributed by atoms with Crippen LogP contribution in [0.3, 0.4) is 0 Å². The predicted molar refractivity (Wildman–Crippen MR) is 58.1 cm³/mol. The Balaban J connectivity index is 2.77. The Labute approximate surface area is 93.2 Å². The first kappa shape index (κ1) is 12.4. The van der Waals surface area contributed by atoms with Crippen molar-refractivity contribution in [3.8, 4) is 5.75 Å². The van der Waals surface area contributed by atoms with Crippen molar-refractivity contribution in [2.75, 3.05) is 0 Å². The molecule has 0 bridgehead atoms. The van der Waals surface area contributed by atoms with E-state index in [1.807, 2.05) is 13.8 Å². The molecule has 0 radical (unpaired) electrons. The van der Waals surface area contributed by atoms with Crippen LogP contribution in [0.1, 0.15) is 26.7 Å². The lowest BCUT2D eigenvalue weighted by atomic mass is 10.2. The van der Waals surface area contributed by atoms with E-state index in [0.29, 0.717) is 5.75 Å². The van der Waals surface area contributed by atoms with Gasteiger partial charge in [0.05, 0.1) is 11.0 Å². The fourth-order valence-electron chi connectivity index (χ4n) is 1.41. The monoisotopic (exact) mass is 227 g/mol. The van der Waals surface area contributed by atoms with Gasteiger partial charge in [-0.15, -0.1) is 0 Å². The van der Waals surface area contributed by atoms with Gasteiger partial charge in [0.15, 0.2) is 0 Å². The zero-order valence-electron chi connectivity index (χ0n) is 9.27. The van der Waals surface area contributed by atoms with Crippen LogP contribution in [0.25, 0.3) is 0 Å². The topological polar surface area (TPSA) is 52.4 Å². The van der Waals surface area contributed by atoms with Crippen LogP contribution in [0.4, 0.5) is 10.1 Å². The van der Waals surface area contributed by atoms with Crippen molar-refractivity contribution in [3.63, 3.8) is 0 Å². The predicted octanol–water partition coefficient (Wildman–Crippen LogP) is 3.30. The van der Waals surface area contributed by atoms with Crippen molar-refractivity contribution in [2.45, 2.75) is 32.8 Å². The highest BCUT2D eigenvalue weighted by molar-refractivity contribution is 5.38. The molecule has 16 heavy (non-hydrogen) atoms. The molecule has 1 aromatic carbocycles. The smallest absolute Gasteiger partial charge is 0.305 e. The first-order valence-electron chi connectivity index (χ1n) is 5.15. The van der Waals surface area contributed by atoms with E-state index < -0.39 is 16.4 Å². The summed E-state index contributed by atoms with van der Waals surface area (Å²) in [4.78, 5) is 9.63. The van der Waals surface area contributed by atoms with E-state index in [0.717, 1.165) is 25.0 Å². The van der Waals surface area contributed by atoms with E-state index >= 15 is 0 Å². The fourth-order valence-corrected chi connectivity index (χ4v) is 1.41. The molecule has 0 saturated carbocycles. The molecule has 4 nitrogen and oxygen atoms in total. The Morgan fingerprint density at radius 2 is 2.25 bits per heavy atom. The minimum absolute atomic E-state index is 0.0224. The molecule has 0 aliphatic rings. The third-order valence-corrected chi connectivity index (χ3v) is 2.15. The van der Waals surface area contributed by atoms with Gasteiger partial charge in [0.25, 0.3) is 0 Å².